The molecule has 3 N–H and O–H groups in total. The first-order valence-electron chi connectivity index (χ1n) is 6.26. The normalized spacial score (nSPS) is 12.4. The van der Waals surface area contributed by atoms with Gasteiger partial charge in [-0.1, -0.05) is 12.1 Å². The number of anilines is 1. The molecule has 0 aromatic heterocycles. The minimum atomic E-state index is 0.238. The first kappa shape index (κ1) is 12.7. The largest absolute Gasteiger partial charge is 0.497 e. The summed E-state index contributed by atoms with van der Waals surface area (Å²) in [7, 11) is 1.69. The fourth-order valence-electron chi connectivity index (χ4n) is 1.90. The molecule has 0 aliphatic rings. The molecule has 96 valence electrons. The zero-order valence-electron chi connectivity index (χ0n) is 10.9. The van der Waals surface area contributed by atoms with Crippen LogP contribution in [0.25, 0.3) is 10.8 Å². The second-order valence-electron chi connectivity index (χ2n) is 4.62. The van der Waals surface area contributed by atoms with Crippen molar-refractivity contribution in [1.82, 2.24) is 0 Å². The van der Waals surface area contributed by atoms with E-state index in [1.807, 2.05) is 19.1 Å². The maximum atomic E-state index is 5.73. The van der Waals surface area contributed by atoms with E-state index in [-0.39, 0.29) is 6.04 Å². The van der Waals surface area contributed by atoms with Crippen molar-refractivity contribution in [3.8, 4) is 5.75 Å². The molecule has 1 atom stereocenters. The number of fused-ring (bicyclic) bond motifs is 1. The number of hydrogen-bond donors (Lipinski definition) is 2. The summed E-state index contributed by atoms with van der Waals surface area (Å²) in [6.45, 7) is 2.92. The van der Waals surface area contributed by atoms with Crippen molar-refractivity contribution in [3.63, 3.8) is 0 Å². The lowest BCUT2D eigenvalue weighted by Crippen LogP contribution is -2.19. The molecule has 0 bridgehead atoms. The zero-order chi connectivity index (χ0) is 13.0. The second kappa shape index (κ2) is 5.74. The van der Waals surface area contributed by atoms with Gasteiger partial charge in [-0.25, -0.2) is 0 Å². The van der Waals surface area contributed by atoms with Gasteiger partial charge in [-0.15, -0.1) is 0 Å². The molecular weight excluding hydrogens is 224 g/mol. The van der Waals surface area contributed by atoms with Crippen LogP contribution in [-0.2, 0) is 0 Å². The molecule has 0 spiro atoms. The molecule has 18 heavy (non-hydrogen) atoms. The Labute approximate surface area is 108 Å². The molecule has 2 rings (SSSR count). The Morgan fingerprint density at radius 3 is 2.61 bits per heavy atom. The van der Waals surface area contributed by atoms with Gasteiger partial charge in [-0.05, 0) is 48.4 Å². The lowest BCUT2D eigenvalue weighted by atomic mass is 10.1. The Balaban J connectivity index is 2.12. The fraction of sp³-hybridized carbons (Fsp3) is 0.333. The number of nitrogens with one attached hydrogen (secondary N) is 1. The summed E-state index contributed by atoms with van der Waals surface area (Å²) in [5.74, 6) is 0.889. The van der Waals surface area contributed by atoms with Gasteiger partial charge in [0.05, 0.1) is 7.11 Å². The summed E-state index contributed by atoms with van der Waals surface area (Å²) < 4.78 is 5.21. The number of ether oxygens (including phenoxy) is 1. The SMILES string of the molecule is COc1ccc2cc(NCCC(C)N)ccc2c1. The van der Waals surface area contributed by atoms with Crippen LogP contribution in [0.4, 0.5) is 5.69 Å². The van der Waals surface area contributed by atoms with Crippen LogP contribution >= 0.6 is 0 Å². The first-order chi connectivity index (χ1) is 8.69. The molecule has 0 saturated heterocycles. The molecule has 3 heteroatoms. The van der Waals surface area contributed by atoms with E-state index in [1.165, 1.54) is 10.8 Å². The summed E-state index contributed by atoms with van der Waals surface area (Å²) in [5, 5.41) is 5.78. The van der Waals surface area contributed by atoms with Crippen molar-refractivity contribution in [2.75, 3.05) is 19.0 Å². The van der Waals surface area contributed by atoms with Crippen molar-refractivity contribution in [1.29, 1.82) is 0 Å². The van der Waals surface area contributed by atoms with E-state index in [4.69, 9.17) is 10.5 Å². The number of methoxy groups -OCH3 is 1. The van der Waals surface area contributed by atoms with E-state index in [2.05, 4.69) is 29.6 Å². The van der Waals surface area contributed by atoms with Crippen LogP contribution in [0.3, 0.4) is 0 Å². The topological polar surface area (TPSA) is 47.3 Å². The highest BCUT2D eigenvalue weighted by Gasteiger charge is 1.99. The standard InChI is InChI=1S/C15H20N2O/c1-11(16)7-8-17-14-5-3-13-10-15(18-2)6-4-12(13)9-14/h3-6,9-11,17H,7-8,16H2,1-2H3. The van der Waals surface area contributed by atoms with Gasteiger partial charge in [0.25, 0.3) is 0 Å². The predicted octanol–water partition coefficient (Wildman–Crippen LogP) is 3.00. The highest BCUT2D eigenvalue weighted by Crippen LogP contribution is 2.23. The molecule has 0 saturated carbocycles. The van der Waals surface area contributed by atoms with Gasteiger partial charge in [0.15, 0.2) is 0 Å². The minimum Gasteiger partial charge on any atom is -0.497 e. The number of nitrogens with two attached hydrogens (primary N) is 1. The van der Waals surface area contributed by atoms with Gasteiger partial charge >= 0.3 is 0 Å². The van der Waals surface area contributed by atoms with Crippen LogP contribution in [-0.4, -0.2) is 19.7 Å². The van der Waals surface area contributed by atoms with Gasteiger partial charge < -0.3 is 15.8 Å². The maximum Gasteiger partial charge on any atom is 0.119 e. The highest BCUT2D eigenvalue weighted by molar-refractivity contribution is 5.86. The summed E-state index contributed by atoms with van der Waals surface area (Å²) in [5.41, 5.74) is 6.86. The van der Waals surface area contributed by atoms with Crippen molar-refractivity contribution in [3.05, 3.63) is 36.4 Å². The van der Waals surface area contributed by atoms with Crippen LogP contribution in [0.1, 0.15) is 13.3 Å². The zero-order valence-corrected chi connectivity index (χ0v) is 10.9. The lowest BCUT2D eigenvalue weighted by Gasteiger charge is -2.09. The summed E-state index contributed by atoms with van der Waals surface area (Å²) in [6, 6.07) is 12.7. The van der Waals surface area contributed by atoms with Crippen molar-refractivity contribution < 1.29 is 4.74 Å². The van der Waals surface area contributed by atoms with Crippen LogP contribution in [0.2, 0.25) is 0 Å². The van der Waals surface area contributed by atoms with Gasteiger partial charge in [0.1, 0.15) is 5.75 Å². The monoisotopic (exact) mass is 244 g/mol. The van der Waals surface area contributed by atoms with Crippen LogP contribution in [0.5, 0.6) is 5.75 Å². The van der Waals surface area contributed by atoms with E-state index in [1.54, 1.807) is 7.11 Å². The summed E-state index contributed by atoms with van der Waals surface area (Å²) in [6.07, 6.45) is 0.973. The Hall–Kier alpha value is -1.74. The number of hydrogen-bond acceptors (Lipinski definition) is 3. The van der Waals surface area contributed by atoms with Gasteiger partial charge in [-0.3, -0.25) is 0 Å². The van der Waals surface area contributed by atoms with E-state index < -0.39 is 0 Å². The number of rotatable bonds is 5. The molecule has 2 aromatic rings. The molecule has 0 aliphatic carbocycles. The van der Waals surface area contributed by atoms with Crippen molar-refractivity contribution in [2.24, 2.45) is 5.73 Å². The number of benzene rings is 2. The summed E-state index contributed by atoms with van der Waals surface area (Å²) in [4.78, 5) is 0. The van der Waals surface area contributed by atoms with Crippen molar-refractivity contribution in [2.45, 2.75) is 19.4 Å². The quantitative estimate of drug-likeness (QED) is 0.850. The maximum absolute atomic E-state index is 5.73. The lowest BCUT2D eigenvalue weighted by molar-refractivity contribution is 0.415. The molecule has 1 unspecified atom stereocenters. The fourth-order valence-corrected chi connectivity index (χ4v) is 1.90. The highest BCUT2D eigenvalue weighted by atomic mass is 16.5. The Morgan fingerprint density at radius 2 is 1.89 bits per heavy atom. The van der Waals surface area contributed by atoms with E-state index in [0.717, 1.165) is 24.4 Å². The summed E-state index contributed by atoms with van der Waals surface area (Å²) >= 11 is 0. The van der Waals surface area contributed by atoms with Gasteiger partial charge in [0.2, 0.25) is 0 Å². The Morgan fingerprint density at radius 1 is 1.17 bits per heavy atom. The first-order valence-corrected chi connectivity index (χ1v) is 6.26. The Kier molecular flexibility index (Phi) is 4.05. The van der Waals surface area contributed by atoms with Gasteiger partial charge in [0, 0.05) is 18.3 Å². The third kappa shape index (κ3) is 3.14. The van der Waals surface area contributed by atoms with E-state index in [0.29, 0.717) is 0 Å². The molecule has 0 radical (unpaired) electrons. The molecule has 3 nitrogen and oxygen atoms in total. The van der Waals surface area contributed by atoms with Crippen LogP contribution in [0.15, 0.2) is 36.4 Å². The van der Waals surface area contributed by atoms with Gasteiger partial charge in [-0.2, -0.15) is 0 Å². The van der Waals surface area contributed by atoms with Crippen LogP contribution in [0, 0.1) is 0 Å². The predicted molar refractivity (Wildman–Crippen MR) is 77.3 cm³/mol. The van der Waals surface area contributed by atoms with E-state index >= 15 is 0 Å². The smallest absolute Gasteiger partial charge is 0.119 e. The third-order valence-corrected chi connectivity index (χ3v) is 2.98. The average Bonchev–Trinajstić information content (AvgIpc) is 2.37. The van der Waals surface area contributed by atoms with Crippen molar-refractivity contribution >= 4 is 16.5 Å². The van der Waals surface area contributed by atoms with E-state index in [9.17, 15) is 0 Å². The average molecular weight is 244 g/mol. The molecule has 0 aliphatic heterocycles. The molecule has 0 amide bonds. The second-order valence-corrected chi connectivity index (χ2v) is 4.62. The van der Waals surface area contributed by atoms with Crippen LogP contribution < -0.4 is 15.8 Å². The molecule has 0 heterocycles. The Bertz CT molecular complexity index is 523. The molecular formula is C15H20N2O. The molecule has 2 aromatic carbocycles. The minimum absolute atomic E-state index is 0.238. The molecule has 0 fully saturated rings. The third-order valence-electron chi connectivity index (χ3n) is 2.98.